The van der Waals surface area contributed by atoms with E-state index in [4.69, 9.17) is 9.47 Å². The van der Waals surface area contributed by atoms with Gasteiger partial charge in [-0.25, -0.2) is 13.2 Å². The molecule has 0 aromatic heterocycles. The minimum Gasteiger partial charge on any atom is -0.493 e. The van der Waals surface area contributed by atoms with Crippen molar-refractivity contribution in [2.75, 3.05) is 19.8 Å². The fourth-order valence-electron chi connectivity index (χ4n) is 5.09. The Morgan fingerprint density at radius 3 is 1.98 bits per heavy atom. The van der Waals surface area contributed by atoms with Crippen LogP contribution in [0.2, 0.25) is 0 Å². The maximum Gasteiger partial charge on any atom is 0.416 e. The van der Waals surface area contributed by atoms with E-state index in [1.165, 1.54) is 12.1 Å². The summed E-state index contributed by atoms with van der Waals surface area (Å²) >= 11 is 0. The molecule has 1 unspecified atom stereocenters. The molecule has 3 aromatic carbocycles. The first-order chi connectivity index (χ1) is 19.3. The number of hydrogen-bond acceptors (Lipinski definition) is 5. The van der Waals surface area contributed by atoms with Gasteiger partial charge in [0.2, 0.25) is 34.8 Å². The lowest BCUT2D eigenvalue weighted by Gasteiger charge is -2.32. The number of fused-ring (bicyclic) bond motifs is 1. The molecular weight excluding hydrogens is 588 g/mol. The zero-order chi connectivity index (χ0) is 29.7. The van der Waals surface area contributed by atoms with Crippen LogP contribution in [0.1, 0.15) is 53.4 Å². The standard InChI is InChI=1S/C27H20F8O5S/c28-21-22(29)24(31)26(25(32)23(21)30)40-41(36,37)15-2-4-18-17(7-10-39-20(18)12-15)16-3-1-14(27(33,34)35)11-19(16)13-5-8-38-9-6-13/h1-4,11-13,17H,5-10H2. The van der Waals surface area contributed by atoms with Gasteiger partial charge in [0.25, 0.3) is 0 Å². The molecule has 2 aliphatic heterocycles. The Morgan fingerprint density at radius 1 is 0.732 bits per heavy atom. The molecule has 0 spiro atoms. The van der Waals surface area contributed by atoms with Crippen molar-refractivity contribution in [3.05, 3.63) is 87.7 Å². The SMILES string of the molecule is O=S(=O)(Oc1c(F)c(F)c(F)c(F)c1F)c1ccc2c(c1)OCCC2c1ccc(C(F)(F)F)cc1C1CCOCC1. The van der Waals surface area contributed by atoms with Gasteiger partial charge in [0.15, 0.2) is 0 Å². The Bertz CT molecular complexity index is 1570. The second-order valence-corrected chi connectivity index (χ2v) is 11.1. The van der Waals surface area contributed by atoms with Gasteiger partial charge in [-0.1, -0.05) is 12.1 Å². The lowest BCUT2D eigenvalue weighted by Crippen LogP contribution is -2.21. The van der Waals surface area contributed by atoms with Crippen molar-refractivity contribution >= 4 is 10.1 Å². The summed E-state index contributed by atoms with van der Waals surface area (Å²) in [5, 5.41) is 0. The molecule has 1 atom stereocenters. The van der Waals surface area contributed by atoms with E-state index in [1.807, 2.05) is 0 Å². The predicted octanol–water partition coefficient (Wildman–Crippen LogP) is 6.98. The third kappa shape index (κ3) is 5.46. The highest BCUT2D eigenvalue weighted by Crippen LogP contribution is 2.45. The smallest absolute Gasteiger partial charge is 0.416 e. The van der Waals surface area contributed by atoms with E-state index in [-0.39, 0.29) is 18.3 Å². The number of hydrogen-bond donors (Lipinski definition) is 0. The summed E-state index contributed by atoms with van der Waals surface area (Å²) in [7, 11) is -5.12. The molecule has 0 aliphatic carbocycles. The van der Waals surface area contributed by atoms with Crippen molar-refractivity contribution in [2.24, 2.45) is 0 Å². The molecule has 5 nitrogen and oxygen atoms in total. The number of alkyl halides is 3. The summed E-state index contributed by atoms with van der Waals surface area (Å²) in [6.45, 7) is 0.817. The Balaban J connectivity index is 1.52. The van der Waals surface area contributed by atoms with Gasteiger partial charge in [-0.05, 0) is 54.5 Å². The monoisotopic (exact) mass is 608 g/mol. The van der Waals surface area contributed by atoms with Crippen molar-refractivity contribution < 1.29 is 57.2 Å². The average Bonchev–Trinajstić information content (AvgIpc) is 2.96. The third-order valence-electron chi connectivity index (χ3n) is 7.13. The van der Waals surface area contributed by atoms with Crippen LogP contribution in [0, 0.1) is 29.1 Å². The number of ether oxygens (including phenoxy) is 2. The predicted molar refractivity (Wildman–Crippen MR) is 127 cm³/mol. The Hall–Kier alpha value is -3.39. The van der Waals surface area contributed by atoms with Crippen LogP contribution in [0.5, 0.6) is 11.5 Å². The van der Waals surface area contributed by atoms with Gasteiger partial charge in [-0.2, -0.15) is 30.4 Å². The normalized spacial score (nSPS) is 18.1. The Morgan fingerprint density at radius 2 is 1.34 bits per heavy atom. The van der Waals surface area contributed by atoms with Gasteiger partial charge in [0.1, 0.15) is 10.6 Å². The summed E-state index contributed by atoms with van der Waals surface area (Å²) in [5.74, 6) is -14.9. The molecule has 2 heterocycles. The highest BCUT2D eigenvalue weighted by molar-refractivity contribution is 7.87. The first-order valence-electron chi connectivity index (χ1n) is 12.3. The van der Waals surface area contributed by atoms with Crippen molar-refractivity contribution in [3.8, 4) is 11.5 Å². The molecule has 3 aromatic rings. The van der Waals surface area contributed by atoms with Crippen molar-refractivity contribution in [1.82, 2.24) is 0 Å². The molecule has 0 radical (unpaired) electrons. The third-order valence-corrected chi connectivity index (χ3v) is 8.34. The fraction of sp³-hybridized carbons (Fsp3) is 0.333. The molecule has 220 valence electrons. The summed E-state index contributed by atoms with van der Waals surface area (Å²) in [5.41, 5.74) is 0.719. The van der Waals surface area contributed by atoms with Crippen molar-refractivity contribution in [3.63, 3.8) is 0 Å². The molecule has 0 N–H and O–H groups in total. The van der Waals surface area contributed by atoms with Gasteiger partial charge < -0.3 is 13.7 Å². The van der Waals surface area contributed by atoms with E-state index < -0.39 is 67.5 Å². The zero-order valence-electron chi connectivity index (χ0n) is 20.8. The van der Waals surface area contributed by atoms with E-state index in [0.29, 0.717) is 49.2 Å². The molecule has 41 heavy (non-hydrogen) atoms. The molecular formula is C27H20F8O5S. The lowest BCUT2D eigenvalue weighted by molar-refractivity contribution is -0.137. The van der Waals surface area contributed by atoms with Gasteiger partial charge in [0, 0.05) is 30.8 Å². The van der Waals surface area contributed by atoms with Crippen LogP contribution in [-0.2, 0) is 21.0 Å². The lowest BCUT2D eigenvalue weighted by atomic mass is 9.78. The molecule has 1 saturated heterocycles. The van der Waals surface area contributed by atoms with Crippen LogP contribution in [0.3, 0.4) is 0 Å². The van der Waals surface area contributed by atoms with Gasteiger partial charge >= 0.3 is 16.3 Å². The van der Waals surface area contributed by atoms with E-state index in [1.54, 1.807) is 0 Å². The molecule has 0 saturated carbocycles. The second-order valence-electron chi connectivity index (χ2n) is 9.55. The first-order valence-corrected chi connectivity index (χ1v) is 13.7. The number of halogens is 8. The average molecular weight is 609 g/mol. The summed E-state index contributed by atoms with van der Waals surface area (Å²) in [6, 6.07) is 6.74. The molecule has 1 fully saturated rings. The highest BCUT2D eigenvalue weighted by Gasteiger charge is 2.36. The van der Waals surface area contributed by atoms with E-state index >= 15 is 0 Å². The molecule has 0 amide bonds. The summed E-state index contributed by atoms with van der Waals surface area (Å²) in [4.78, 5) is -0.710. The van der Waals surface area contributed by atoms with Crippen molar-refractivity contribution in [2.45, 2.75) is 42.2 Å². The van der Waals surface area contributed by atoms with Gasteiger partial charge in [-0.3, -0.25) is 0 Å². The van der Waals surface area contributed by atoms with Crippen molar-refractivity contribution in [1.29, 1.82) is 0 Å². The minimum atomic E-state index is -5.12. The van der Waals surface area contributed by atoms with Crippen LogP contribution in [-0.4, -0.2) is 28.2 Å². The van der Waals surface area contributed by atoms with Crippen LogP contribution < -0.4 is 8.92 Å². The first kappa shape index (κ1) is 29.1. The summed E-state index contributed by atoms with van der Waals surface area (Å²) in [6.07, 6.45) is -3.19. The minimum absolute atomic E-state index is 0.00108. The number of benzene rings is 3. The largest absolute Gasteiger partial charge is 0.493 e. The molecule has 0 bridgehead atoms. The van der Waals surface area contributed by atoms with Crippen LogP contribution in [0.15, 0.2) is 41.3 Å². The van der Waals surface area contributed by atoms with Gasteiger partial charge in [-0.15, -0.1) is 0 Å². The highest BCUT2D eigenvalue weighted by atomic mass is 32.2. The quantitative estimate of drug-likeness (QED) is 0.136. The van der Waals surface area contributed by atoms with E-state index in [2.05, 4.69) is 4.18 Å². The fourth-order valence-corrected chi connectivity index (χ4v) is 6.04. The topological polar surface area (TPSA) is 61.8 Å². The van der Waals surface area contributed by atoms with Crippen LogP contribution in [0.4, 0.5) is 35.1 Å². The van der Waals surface area contributed by atoms with E-state index in [0.717, 1.165) is 24.3 Å². The van der Waals surface area contributed by atoms with Gasteiger partial charge in [0.05, 0.1) is 12.2 Å². The van der Waals surface area contributed by atoms with Crippen LogP contribution in [0.25, 0.3) is 0 Å². The summed E-state index contributed by atoms with van der Waals surface area (Å²) < 4.78 is 150. The number of rotatable bonds is 5. The second kappa shape index (κ2) is 10.8. The zero-order valence-corrected chi connectivity index (χ0v) is 21.7. The molecule has 5 rings (SSSR count). The van der Waals surface area contributed by atoms with E-state index in [9.17, 15) is 43.5 Å². The maximum atomic E-state index is 14.0. The maximum absolute atomic E-state index is 14.0. The van der Waals surface area contributed by atoms with Crippen LogP contribution >= 0.6 is 0 Å². The molecule has 14 heteroatoms. The Labute approximate surface area is 228 Å². The Kier molecular flexibility index (Phi) is 7.66. The molecule has 2 aliphatic rings.